The van der Waals surface area contributed by atoms with E-state index in [0.717, 1.165) is 18.5 Å². The molecule has 2 bridgehead atoms. The number of fused-ring (bicyclic) bond motifs is 2. The van der Waals surface area contributed by atoms with Crippen LogP contribution in [0.1, 0.15) is 25.7 Å². The summed E-state index contributed by atoms with van der Waals surface area (Å²) in [6.45, 7) is 0. The number of aliphatic hydroxyl groups is 1. The van der Waals surface area contributed by atoms with E-state index in [1.165, 1.54) is 18.5 Å². The molecule has 2 aliphatic heterocycles. The maximum absolute atomic E-state index is 9.82. The summed E-state index contributed by atoms with van der Waals surface area (Å²) in [6.07, 6.45) is 4.14. The Bertz CT molecular complexity index is 393. The first-order valence-corrected chi connectivity index (χ1v) is 6.63. The minimum atomic E-state index is -0.104. The number of anilines is 2. The molecule has 2 N–H and O–H groups in total. The summed E-state index contributed by atoms with van der Waals surface area (Å²) in [4.78, 5) is 7.37. The van der Waals surface area contributed by atoms with E-state index in [1.807, 2.05) is 12.1 Å². The Hall–Kier alpha value is -1.26. The Kier molecular flexibility index (Phi) is 3.14. The lowest BCUT2D eigenvalue weighted by Crippen LogP contribution is -2.44. The van der Waals surface area contributed by atoms with E-state index in [4.69, 9.17) is 4.84 Å². The fourth-order valence-corrected chi connectivity index (χ4v) is 3.39. The first kappa shape index (κ1) is 11.8. The van der Waals surface area contributed by atoms with Crippen molar-refractivity contribution in [3.05, 3.63) is 24.3 Å². The monoisotopic (exact) mass is 248 g/mol. The Morgan fingerprint density at radius 2 is 1.78 bits per heavy atom. The highest BCUT2D eigenvalue weighted by Crippen LogP contribution is 2.39. The number of rotatable bonds is 3. The molecule has 0 saturated carbocycles. The van der Waals surface area contributed by atoms with Crippen LogP contribution in [-0.4, -0.2) is 30.4 Å². The average Bonchev–Trinajstić information content (AvgIpc) is 2.64. The summed E-state index contributed by atoms with van der Waals surface area (Å²) >= 11 is 0. The molecule has 3 rings (SSSR count). The third kappa shape index (κ3) is 2.06. The van der Waals surface area contributed by atoms with Crippen LogP contribution in [0.4, 0.5) is 11.4 Å². The minimum Gasteiger partial charge on any atom is -0.393 e. The molecule has 1 aromatic rings. The van der Waals surface area contributed by atoms with E-state index in [-0.39, 0.29) is 6.10 Å². The van der Waals surface area contributed by atoms with Crippen LogP contribution in [-0.2, 0) is 4.84 Å². The number of benzene rings is 1. The van der Waals surface area contributed by atoms with Gasteiger partial charge in [0.2, 0.25) is 0 Å². The van der Waals surface area contributed by atoms with Gasteiger partial charge in [-0.15, -0.1) is 0 Å². The van der Waals surface area contributed by atoms with Gasteiger partial charge >= 0.3 is 0 Å². The maximum atomic E-state index is 9.82. The van der Waals surface area contributed by atoms with E-state index >= 15 is 0 Å². The lowest BCUT2D eigenvalue weighted by atomic mass is 9.99. The van der Waals surface area contributed by atoms with Gasteiger partial charge in [-0.1, -0.05) is 0 Å². The minimum absolute atomic E-state index is 0.104. The van der Waals surface area contributed by atoms with Crippen molar-refractivity contribution in [1.29, 1.82) is 0 Å². The molecule has 18 heavy (non-hydrogen) atoms. The first-order chi connectivity index (χ1) is 8.78. The molecule has 0 aromatic heterocycles. The van der Waals surface area contributed by atoms with Crippen LogP contribution in [0.5, 0.6) is 0 Å². The van der Waals surface area contributed by atoms with Crippen LogP contribution in [0.3, 0.4) is 0 Å². The van der Waals surface area contributed by atoms with Gasteiger partial charge in [0, 0.05) is 17.8 Å². The van der Waals surface area contributed by atoms with Crippen molar-refractivity contribution >= 4 is 11.4 Å². The zero-order chi connectivity index (χ0) is 12.5. The summed E-state index contributed by atoms with van der Waals surface area (Å²) in [6, 6.07) is 9.35. The highest BCUT2D eigenvalue weighted by molar-refractivity contribution is 5.56. The Labute approximate surface area is 108 Å². The predicted octanol–water partition coefficient (Wildman–Crippen LogP) is 2.15. The SMILES string of the molecule is CONc1ccc(N2C3CCC2CC(O)C3)cc1. The van der Waals surface area contributed by atoms with Crippen LogP contribution in [0.15, 0.2) is 24.3 Å². The molecule has 2 atom stereocenters. The lowest BCUT2D eigenvalue weighted by molar-refractivity contribution is 0.126. The molecule has 98 valence electrons. The summed E-state index contributed by atoms with van der Waals surface area (Å²) in [5, 5.41) is 9.82. The molecule has 0 aliphatic carbocycles. The fourth-order valence-electron chi connectivity index (χ4n) is 3.39. The van der Waals surface area contributed by atoms with Gasteiger partial charge in [0.25, 0.3) is 0 Å². The number of hydrogen-bond acceptors (Lipinski definition) is 4. The van der Waals surface area contributed by atoms with Crippen LogP contribution >= 0.6 is 0 Å². The number of piperidine rings is 1. The predicted molar refractivity (Wildman–Crippen MR) is 71.6 cm³/mol. The highest BCUT2D eigenvalue weighted by Gasteiger charge is 2.40. The summed E-state index contributed by atoms with van der Waals surface area (Å²) in [5.41, 5.74) is 5.05. The second-order valence-electron chi connectivity index (χ2n) is 5.27. The molecule has 2 aliphatic rings. The Balaban J connectivity index is 1.78. The van der Waals surface area contributed by atoms with Crippen LogP contribution in [0, 0.1) is 0 Å². The lowest BCUT2D eigenvalue weighted by Gasteiger charge is -2.39. The maximum Gasteiger partial charge on any atom is 0.0636 e. The molecular formula is C14H20N2O2. The molecule has 2 unspecified atom stereocenters. The van der Waals surface area contributed by atoms with E-state index < -0.39 is 0 Å². The van der Waals surface area contributed by atoms with Crippen molar-refractivity contribution in [3.8, 4) is 0 Å². The van der Waals surface area contributed by atoms with Crippen LogP contribution in [0.2, 0.25) is 0 Å². The second-order valence-corrected chi connectivity index (χ2v) is 5.27. The first-order valence-electron chi connectivity index (χ1n) is 6.63. The summed E-state index contributed by atoms with van der Waals surface area (Å²) in [7, 11) is 1.61. The molecule has 2 heterocycles. The van der Waals surface area contributed by atoms with Crippen molar-refractivity contribution in [2.75, 3.05) is 17.5 Å². The van der Waals surface area contributed by atoms with Gasteiger partial charge in [-0.25, -0.2) is 0 Å². The summed E-state index contributed by atoms with van der Waals surface area (Å²) < 4.78 is 0. The Morgan fingerprint density at radius 3 is 2.33 bits per heavy atom. The number of hydrogen-bond donors (Lipinski definition) is 2. The van der Waals surface area contributed by atoms with E-state index in [9.17, 15) is 5.11 Å². The molecular weight excluding hydrogens is 228 g/mol. The molecule has 2 saturated heterocycles. The fraction of sp³-hybridized carbons (Fsp3) is 0.571. The number of nitrogens with zero attached hydrogens (tertiary/aromatic N) is 1. The molecule has 4 heteroatoms. The molecule has 0 radical (unpaired) electrons. The largest absolute Gasteiger partial charge is 0.393 e. The van der Waals surface area contributed by atoms with Gasteiger partial charge in [-0.05, 0) is 49.9 Å². The smallest absolute Gasteiger partial charge is 0.0636 e. The van der Waals surface area contributed by atoms with E-state index in [2.05, 4.69) is 22.5 Å². The quantitative estimate of drug-likeness (QED) is 0.805. The second kappa shape index (κ2) is 4.78. The number of nitrogens with one attached hydrogen (secondary N) is 1. The van der Waals surface area contributed by atoms with Gasteiger partial charge < -0.3 is 10.0 Å². The average molecular weight is 248 g/mol. The van der Waals surface area contributed by atoms with Crippen molar-refractivity contribution in [2.45, 2.75) is 43.9 Å². The van der Waals surface area contributed by atoms with Gasteiger partial charge in [-0.2, -0.15) is 0 Å². The van der Waals surface area contributed by atoms with E-state index in [0.29, 0.717) is 12.1 Å². The zero-order valence-electron chi connectivity index (χ0n) is 10.7. The van der Waals surface area contributed by atoms with Crippen LogP contribution < -0.4 is 10.4 Å². The molecule has 0 spiro atoms. The van der Waals surface area contributed by atoms with Crippen molar-refractivity contribution in [1.82, 2.24) is 0 Å². The highest BCUT2D eigenvalue weighted by atomic mass is 16.6. The standard InChI is InChI=1S/C14H20N2O2/c1-18-15-10-2-4-11(5-3-10)16-12-6-7-13(16)9-14(17)8-12/h2-5,12-15,17H,6-9H2,1H3. The third-order valence-electron chi connectivity index (χ3n) is 4.09. The van der Waals surface area contributed by atoms with Crippen molar-refractivity contribution < 1.29 is 9.94 Å². The molecule has 2 fully saturated rings. The molecule has 0 amide bonds. The third-order valence-corrected chi connectivity index (χ3v) is 4.09. The van der Waals surface area contributed by atoms with Crippen LogP contribution in [0.25, 0.3) is 0 Å². The van der Waals surface area contributed by atoms with Gasteiger partial charge in [0.1, 0.15) is 0 Å². The zero-order valence-corrected chi connectivity index (χ0v) is 10.7. The molecule has 1 aromatic carbocycles. The van der Waals surface area contributed by atoms with Gasteiger partial charge in [-0.3, -0.25) is 10.3 Å². The summed E-state index contributed by atoms with van der Waals surface area (Å²) in [5.74, 6) is 0. The topological polar surface area (TPSA) is 44.7 Å². The van der Waals surface area contributed by atoms with Gasteiger partial charge in [0.05, 0.1) is 18.9 Å². The van der Waals surface area contributed by atoms with E-state index in [1.54, 1.807) is 7.11 Å². The number of aliphatic hydroxyl groups excluding tert-OH is 1. The normalized spacial score (nSPS) is 30.6. The Morgan fingerprint density at radius 1 is 1.17 bits per heavy atom. The van der Waals surface area contributed by atoms with Crippen molar-refractivity contribution in [3.63, 3.8) is 0 Å². The van der Waals surface area contributed by atoms with Crippen molar-refractivity contribution in [2.24, 2.45) is 0 Å². The van der Waals surface area contributed by atoms with Gasteiger partial charge in [0.15, 0.2) is 0 Å². The molecule has 4 nitrogen and oxygen atoms in total.